The highest BCUT2D eigenvalue weighted by Gasteiger charge is 2.82. The molecule has 8 rings (SSSR count). The van der Waals surface area contributed by atoms with Crippen LogP contribution in [0.15, 0.2) is 146 Å². The average Bonchev–Trinajstić information content (AvgIpc) is 3.62. The molecule has 1 saturated carbocycles. The lowest BCUT2D eigenvalue weighted by atomic mass is 9.59. The van der Waals surface area contributed by atoms with Gasteiger partial charge in [-0.05, 0) is 57.0 Å². The van der Waals surface area contributed by atoms with Gasteiger partial charge in [0.15, 0.2) is 5.78 Å². The lowest BCUT2D eigenvalue weighted by Crippen LogP contribution is -2.45. The first-order valence-electron chi connectivity index (χ1n) is 15.9. The lowest BCUT2D eigenvalue weighted by molar-refractivity contribution is -0.130. The van der Waals surface area contributed by atoms with Crippen molar-refractivity contribution in [2.75, 3.05) is 4.90 Å². The Balaban J connectivity index is 1.51. The molecule has 0 N–H and O–H groups in total. The number of amides is 2. The van der Waals surface area contributed by atoms with E-state index >= 15 is 14.4 Å². The third-order valence-corrected chi connectivity index (χ3v) is 10.4. The highest BCUT2D eigenvalue weighted by molar-refractivity contribution is 6.39. The van der Waals surface area contributed by atoms with E-state index in [0.717, 1.165) is 39.0 Å². The van der Waals surface area contributed by atoms with Crippen LogP contribution in [0.2, 0.25) is 0 Å². The molecule has 4 atom stereocenters. The molecule has 46 heavy (non-hydrogen) atoms. The van der Waals surface area contributed by atoms with Gasteiger partial charge in [-0.25, -0.2) is 4.90 Å². The fourth-order valence-electron chi connectivity index (χ4n) is 8.60. The molecule has 0 spiro atoms. The number of carbonyl (C=O) groups is 3. The zero-order valence-electron chi connectivity index (χ0n) is 25.8. The lowest BCUT2D eigenvalue weighted by Gasteiger charge is -2.39. The van der Waals surface area contributed by atoms with E-state index < -0.39 is 22.7 Å². The minimum absolute atomic E-state index is 0.110. The molecule has 1 heterocycles. The summed E-state index contributed by atoms with van der Waals surface area (Å²) in [6.45, 7) is 4.23. The quantitative estimate of drug-likeness (QED) is 0.186. The fraction of sp³-hybridized carbons (Fsp3) is 0.167. The number of nitrogens with zero attached hydrogens (tertiary/aromatic N) is 1. The third kappa shape index (κ3) is 3.53. The van der Waals surface area contributed by atoms with Crippen LogP contribution in [0, 0.1) is 11.8 Å². The summed E-state index contributed by atoms with van der Waals surface area (Å²) in [7, 11) is 0. The number of allylic oxidation sites excluding steroid dienone is 2. The van der Waals surface area contributed by atoms with Crippen molar-refractivity contribution in [2.45, 2.75) is 30.6 Å². The van der Waals surface area contributed by atoms with E-state index in [1.165, 1.54) is 4.90 Å². The Kier molecular flexibility index (Phi) is 6.33. The van der Waals surface area contributed by atoms with Gasteiger partial charge in [0.2, 0.25) is 11.8 Å². The molecule has 4 nitrogen and oxygen atoms in total. The number of hydrogen-bond acceptors (Lipinski definition) is 3. The Labute approximate surface area is 269 Å². The Bertz CT molecular complexity index is 1900. The van der Waals surface area contributed by atoms with E-state index in [4.69, 9.17) is 0 Å². The highest BCUT2D eigenvalue weighted by Crippen LogP contribution is 2.74. The van der Waals surface area contributed by atoms with Gasteiger partial charge in [-0.3, -0.25) is 14.4 Å². The predicted octanol–water partition coefficient (Wildman–Crippen LogP) is 8.00. The Morgan fingerprint density at radius 3 is 1.24 bits per heavy atom. The van der Waals surface area contributed by atoms with Crippen LogP contribution in [0.3, 0.4) is 0 Å². The number of anilines is 1. The molecule has 0 aromatic heterocycles. The Morgan fingerprint density at radius 1 is 0.500 bits per heavy atom. The summed E-state index contributed by atoms with van der Waals surface area (Å²) in [5.74, 6) is -2.32. The summed E-state index contributed by atoms with van der Waals surface area (Å²) in [5.41, 5.74) is 3.68. The van der Waals surface area contributed by atoms with E-state index in [9.17, 15) is 0 Å². The number of rotatable bonds is 6. The van der Waals surface area contributed by atoms with E-state index in [0.29, 0.717) is 11.6 Å². The Hall–Kier alpha value is -5.35. The maximum absolute atomic E-state index is 15.9. The number of carbonyl (C=O) groups excluding carboxylic acids is 3. The maximum Gasteiger partial charge on any atom is 0.239 e. The molecule has 0 unspecified atom stereocenters. The SMILES string of the molecule is CC(C)c1ccc(N2C(=O)[C@@H]3[C@@H](C2=O)[C@@]2(c4ccccc4)C(=O)[C@@]3(c3ccccc3)C(c3ccccc3)=C2c2ccccc2)cc1. The van der Waals surface area contributed by atoms with Crippen molar-refractivity contribution in [3.8, 4) is 0 Å². The molecular formula is C42H33NO3. The maximum atomic E-state index is 15.9. The standard InChI is InChI=1S/C42H33NO3/c1-27(2)28-23-25-33(26-24-28)43-38(44)36-37(39(43)45)42(32-21-13-6-14-22-32)35(30-17-9-4-10-18-30)34(29-15-7-3-8-16-29)41(36,40(42)46)31-19-11-5-12-20-31/h3-27,36-37H,1-2H3/t36-,37-,41-,42-/m0/s1. The van der Waals surface area contributed by atoms with Crippen molar-refractivity contribution in [3.63, 3.8) is 0 Å². The third-order valence-electron chi connectivity index (χ3n) is 10.4. The monoisotopic (exact) mass is 599 g/mol. The number of benzene rings is 5. The molecule has 2 amide bonds. The second-order valence-electron chi connectivity index (χ2n) is 12.9. The van der Waals surface area contributed by atoms with Crippen LogP contribution in [0.4, 0.5) is 5.69 Å². The van der Waals surface area contributed by atoms with Crippen molar-refractivity contribution < 1.29 is 14.4 Å². The van der Waals surface area contributed by atoms with E-state index in [1.54, 1.807) is 0 Å². The largest absolute Gasteiger partial charge is 0.297 e. The van der Waals surface area contributed by atoms with Crippen molar-refractivity contribution in [2.24, 2.45) is 11.8 Å². The molecule has 2 aliphatic carbocycles. The van der Waals surface area contributed by atoms with Crippen LogP contribution < -0.4 is 4.90 Å². The normalized spacial score (nSPS) is 25.1. The minimum Gasteiger partial charge on any atom is -0.297 e. The van der Waals surface area contributed by atoms with E-state index in [2.05, 4.69) is 13.8 Å². The summed E-state index contributed by atoms with van der Waals surface area (Å²) in [5, 5.41) is 0. The van der Waals surface area contributed by atoms with Gasteiger partial charge < -0.3 is 0 Å². The number of fused-ring (bicyclic) bond motifs is 5. The smallest absolute Gasteiger partial charge is 0.239 e. The van der Waals surface area contributed by atoms with Gasteiger partial charge in [0.25, 0.3) is 0 Å². The number of ketones is 1. The van der Waals surface area contributed by atoms with Gasteiger partial charge in [-0.15, -0.1) is 0 Å². The number of hydrogen-bond donors (Lipinski definition) is 0. The van der Waals surface area contributed by atoms with Gasteiger partial charge in [-0.2, -0.15) is 0 Å². The molecule has 224 valence electrons. The molecule has 5 aromatic carbocycles. The summed E-state index contributed by atoms with van der Waals surface area (Å²) >= 11 is 0. The van der Waals surface area contributed by atoms with E-state index in [1.807, 2.05) is 146 Å². The second-order valence-corrected chi connectivity index (χ2v) is 12.9. The van der Waals surface area contributed by atoms with Crippen LogP contribution in [0.25, 0.3) is 11.1 Å². The summed E-state index contributed by atoms with van der Waals surface area (Å²) in [6, 6.07) is 46.9. The minimum atomic E-state index is -1.40. The number of imide groups is 1. The highest BCUT2D eigenvalue weighted by atomic mass is 16.2. The Morgan fingerprint density at radius 2 is 0.870 bits per heavy atom. The zero-order chi connectivity index (χ0) is 31.6. The first-order chi connectivity index (χ1) is 22.4. The summed E-state index contributed by atoms with van der Waals surface area (Å²) < 4.78 is 0. The van der Waals surface area contributed by atoms with Crippen molar-refractivity contribution in [1.29, 1.82) is 0 Å². The summed E-state index contributed by atoms with van der Waals surface area (Å²) in [6.07, 6.45) is 0. The van der Waals surface area contributed by atoms with Crippen LogP contribution in [0.1, 0.15) is 47.6 Å². The van der Waals surface area contributed by atoms with Crippen LogP contribution >= 0.6 is 0 Å². The number of Topliss-reactive ketones (excluding diaryl/α,β-unsaturated/α-hetero) is 1. The molecule has 4 heteroatoms. The fourth-order valence-corrected chi connectivity index (χ4v) is 8.60. The molecule has 2 fully saturated rings. The first-order valence-corrected chi connectivity index (χ1v) is 15.9. The van der Waals surface area contributed by atoms with Crippen LogP contribution in [-0.4, -0.2) is 17.6 Å². The van der Waals surface area contributed by atoms with Gasteiger partial charge in [-0.1, -0.05) is 147 Å². The topological polar surface area (TPSA) is 54.5 Å². The molecule has 1 aliphatic heterocycles. The van der Waals surface area contributed by atoms with Crippen molar-refractivity contribution in [1.82, 2.24) is 0 Å². The van der Waals surface area contributed by atoms with Gasteiger partial charge >= 0.3 is 0 Å². The van der Waals surface area contributed by atoms with Crippen molar-refractivity contribution in [3.05, 3.63) is 173 Å². The van der Waals surface area contributed by atoms with Gasteiger partial charge in [0.05, 0.1) is 28.4 Å². The molecule has 3 aliphatic rings. The molecular weight excluding hydrogens is 566 g/mol. The first kappa shape index (κ1) is 28.1. The molecule has 1 saturated heterocycles. The van der Waals surface area contributed by atoms with Gasteiger partial charge in [0, 0.05) is 0 Å². The molecule has 0 radical (unpaired) electrons. The molecule has 2 bridgehead atoms. The predicted molar refractivity (Wildman–Crippen MR) is 181 cm³/mol. The zero-order valence-corrected chi connectivity index (χ0v) is 25.8. The average molecular weight is 600 g/mol. The summed E-state index contributed by atoms with van der Waals surface area (Å²) in [4.78, 5) is 47.4. The van der Waals surface area contributed by atoms with Crippen molar-refractivity contribution >= 4 is 34.4 Å². The van der Waals surface area contributed by atoms with E-state index in [-0.39, 0.29) is 17.6 Å². The van der Waals surface area contributed by atoms with Crippen LogP contribution in [0.5, 0.6) is 0 Å². The second kappa shape index (κ2) is 10.3. The molecule has 5 aromatic rings. The van der Waals surface area contributed by atoms with Crippen LogP contribution in [-0.2, 0) is 25.2 Å². The van der Waals surface area contributed by atoms with Gasteiger partial charge in [0.1, 0.15) is 0 Å².